The van der Waals surface area contributed by atoms with E-state index in [9.17, 15) is 0 Å². The summed E-state index contributed by atoms with van der Waals surface area (Å²) in [6.07, 6.45) is 1.75. The number of nitrogen functional groups attached to an aromatic ring is 1. The number of benzene rings is 1. The van der Waals surface area contributed by atoms with Crippen molar-refractivity contribution in [1.82, 2.24) is 14.6 Å². The Morgan fingerprint density at radius 3 is 3.19 bits per heavy atom. The molecule has 0 spiro atoms. The minimum absolute atomic E-state index is 0.605. The monoisotopic (exact) mass is 216 g/mol. The van der Waals surface area contributed by atoms with Crippen LogP contribution in [0.15, 0.2) is 24.4 Å². The zero-order chi connectivity index (χ0) is 11.1. The van der Waals surface area contributed by atoms with E-state index in [1.54, 1.807) is 6.20 Å². The molecule has 0 bridgehead atoms. The second-order valence-electron chi connectivity index (χ2n) is 3.59. The number of hydrogen-bond donors (Lipinski definition) is 2. The summed E-state index contributed by atoms with van der Waals surface area (Å²) in [7, 11) is 0. The van der Waals surface area contributed by atoms with Gasteiger partial charge in [-0.1, -0.05) is 0 Å². The summed E-state index contributed by atoms with van der Waals surface area (Å²) < 4.78 is 7.26. The van der Waals surface area contributed by atoms with Gasteiger partial charge in [0, 0.05) is 12.1 Å². The number of hydrogen-bond acceptors (Lipinski definition) is 3. The molecule has 5 nitrogen and oxygen atoms in total. The van der Waals surface area contributed by atoms with Crippen LogP contribution in [0.4, 0.5) is 5.69 Å². The Hall–Kier alpha value is -2.17. The number of nitrogens with zero attached hydrogens (tertiary/aromatic N) is 2. The van der Waals surface area contributed by atoms with E-state index >= 15 is 0 Å². The van der Waals surface area contributed by atoms with Gasteiger partial charge in [0.25, 0.3) is 0 Å². The molecule has 1 aromatic carbocycles. The van der Waals surface area contributed by atoms with E-state index in [2.05, 4.69) is 10.1 Å². The third-order valence-corrected chi connectivity index (χ3v) is 2.56. The van der Waals surface area contributed by atoms with Crippen molar-refractivity contribution >= 4 is 22.4 Å². The number of anilines is 1. The molecule has 16 heavy (non-hydrogen) atoms. The third-order valence-electron chi connectivity index (χ3n) is 2.56. The van der Waals surface area contributed by atoms with E-state index in [1.807, 2.05) is 29.6 Å². The molecule has 0 saturated carbocycles. The Balaban J connectivity index is 2.32. The lowest BCUT2D eigenvalue weighted by molar-refractivity contribution is 0.342. The van der Waals surface area contributed by atoms with Gasteiger partial charge < -0.3 is 15.5 Å². The van der Waals surface area contributed by atoms with E-state index in [1.165, 1.54) is 0 Å². The molecule has 0 aliphatic carbocycles. The summed E-state index contributed by atoms with van der Waals surface area (Å²) in [6, 6.07) is 5.69. The molecule has 0 radical (unpaired) electrons. The Kier molecular flexibility index (Phi) is 1.80. The first-order chi connectivity index (χ1) is 7.79. The van der Waals surface area contributed by atoms with Gasteiger partial charge in [-0.25, -0.2) is 4.52 Å². The van der Waals surface area contributed by atoms with Crippen LogP contribution in [-0.2, 0) is 0 Å². The first-order valence-corrected chi connectivity index (χ1v) is 5.17. The number of aromatic nitrogens is 3. The summed E-state index contributed by atoms with van der Waals surface area (Å²) >= 11 is 0. The zero-order valence-electron chi connectivity index (χ0n) is 8.90. The maximum atomic E-state index is 5.91. The number of fused-ring (bicyclic) bond motifs is 3. The number of rotatable bonds is 2. The second-order valence-corrected chi connectivity index (χ2v) is 3.59. The third kappa shape index (κ3) is 1.14. The van der Waals surface area contributed by atoms with Gasteiger partial charge in [-0.15, -0.1) is 0 Å². The first-order valence-electron chi connectivity index (χ1n) is 5.17. The topological polar surface area (TPSA) is 68.3 Å². The highest BCUT2D eigenvalue weighted by molar-refractivity contribution is 5.85. The molecular weight excluding hydrogens is 204 g/mol. The smallest absolute Gasteiger partial charge is 0.144 e. The average Bonchev–Trinajstić information content (AvgIpc) is 2.80. The normalized spacial score (nSPS) is 11.3. The minimum atomic E-state index is 0.605. The molecule has 3 aromatic rings. The predicted molar refractivity (Wildman–Crippen MR) is 62.6 cm³/mol. The summed E-state index contributed by atoms with van der Waals surface area (Å²) in [4.78, 5) is 3.25. The number of nitrogens with two attached hydrogens (primary N) is 1. The van der Waals surface area contributed by atoms with E-state index in [0.29, 0.717) is 18.0 Å². The van der Waals surface area contributed by atoms with E-state index in [0.717, 1.165) is 16.7 Å². The van der Waals surface area contributed by atoms with Crippen molar-refractivity contribution in [2.45, 2.75) is 6.92 Å². The number of H-pyrrole nitrogens is 1. The van der Waals surface area contributed by atoms with Crippen molar-refractivity contribution < 1.29 is 4.74 Å². The molecule has 3 N–H and O–H groups in total. The van der Waals surface area contributed by atoms with Crippen LogP contribution in [0.5, 0.6) is 5.75 Å². The highest BCUT2D eigenvalue weighted by Crippen LogP contribution is 2.28. The van der Waals surface area contributed by atoms with E-state index < -0.39 is 0 Å². The van der Waals surface area contributed by atoms with Crippen LogP contribution in [-0.4, -0.2) is 21.2 Å². The standard InChI is InChI=1S/C11H12N4O/c1-2-16-10-6-8-9(5-7(10)12)15-11(14-8)3-4-13-15/h3-6,14H,2,12H2,1H3. The van der Waals surface area contributed by atoms with Gasteiger partial charge in [-0.05, 0) is 13.0 Å². The first kappa shape index (κ1) is 9.08. The van der Waals surface area contributed by atoms with Gasteiger partial charge in [0.2, 0.25) is 0 Å². The Morgan fingerprint density at radius 1 is 1.50 bits per heavy atom. The van der Waals surface area contributed by atoms with Crippen LogP contribution in [0.2, 0.25) is 0 Å². The fourth-order valence-electron chi connectivity index (χ4n) is 1.87. The van der Waals surface area contributed by atoms with Gasteiger partial charge in [0.15, 0.2) is 0 Å². The van der Waals surface area contributed by atoms with E-state index in [-0.39, 0.29) is 0 Å². The van der Waals surface area contributed by atoms with Gasteiger partial charge in [-0.3, -0.25) is 0 Å². The summed E-state index contributed by atoms with van der Waals surface area (Å²) in [6.45, 7) is 2.54. The molecule has 0 fully saturated rings. The van der Waals surface area contributed by atoms with Crippen LogP contribution >= 0.6 is 0 Å². The van der Waals surface area contributed by atoms with E-state index in [4.69, 9.17) is 10.5 Å². The molecular formula is C11H12N4O. The summed E-state index contributed by atoms with van der Waals surface area (Å²) in [5, 5.41) is 4.21. The van der Waals surface area contributed by atoms with Gasteiger partial charge >= 0.3 is 0 Å². The average molecular weight is 216 g/mol. The fraction of sp³-hybridized carbons (Fsp3) is 0.182. The minimum Gasteiger partial charge on any atom is -0.492 e. The number of aromatic amines is 1. The molecule has 3 rings (SSSR count). The lowest BCUT2D eigenvalue weighted by Gasteiger charge is -2.06. The van der Waals surface area contributed by atoms with Crippen LogP contribution < -0.4 is 10.5 Å². The Morgan fingerprint density at radius 2 is 2.38 bits per heavy atom. The lowest BCUT2D eigenvalue weighted by Crippen LogP contribution is -1.97. The predicted octanol–water partition coefficient (Wildman–Crippen LogP) is 1.80. The van der Waals surface area contributed by atoms with Gasteiger partial charge in [0.1, 0.15) is 11.4 Å². The number of imidazole rings is 1. The molecule has 82 valence electrons. The van der Waals surface area contributed by atoms with Crippen molar-refractivity contribution in [3.05, 3.63) is 24.4 Å². The number of nitrogens with one attached hydrogen (secondary N) is 1. The van der Waals surface area contributed by atoms with Crippen LogP contribution in [0, 0.1) is 0 Å². The van der Waals surface area contributed by atoms with Crippen molar-refractivity contribution in [2.24, 2.45) is 0 Å². The fourth-order valence-corrected chi connectivity index (χ4v) is 1.87. The van der Waals surface area contributed by atoms with Crippen LogP contribution in [0.1, 0.15) is 6.92 Å². The van der Waals surface area contributed by atoms with Crippen molar-refractivity contribution in [1.29, 1.82) is 0 Å². The largest absolute Gasteiger partial charge is 0.492 e. The quantitative estimate of drug-likeness (QED) is 0.642. The molecule has 0 saturated heterocycles. The zero-order valence-corrected chi connectivity index (χ0v) is 8.90. The van der Waals surface area contributed by atoms with Gasteiger partial charge in [-0.2, -0.15) is 5.10 Å². The SMILES string of the molecule is CCOc1cc2[nH]c3ccnn3c2cc1N. The molecule has 2 heterocycles. The maximum absolute atomic E-state index is 5.91. The van der Waals surface area contributed by atoms with Gasteiger partial charge in [0.05, 0.1) is 29.5 Å². The molecule has 0 aliphatic rings. The van der Waals surface area contributed by atoms with Crippen molar-refractivity contribution in [2.75, 3.05) is 12.3 Å². The molecule has 0 unspecified atom stereocenters. The Labute approximate surface area is 91.8 Å². The van der Waals surface area contributed by atoms with Crippen LogP contribution in [0.3, 0.4) is 0 Å². The highest BCUT2D eigenvalue weighted by Gasteiger charge is 2.08. The van der Waals surface area contributed by atoms with Crippen molar-refractivity contribution in [3.63, 3.8) is 0 Å². The lowest BCUT2D eigenvalue weighted by atomic mass is 10.2. The molecule has 2 aromatic heterocycles. The maximum Gasteiger partial charge on any atom is 0.144 e. The molecule has 0 aliphatic heterocycles. The van der Waals surface area contributed by atoms with Crippen molar-refractivity contribution in [3.8, 4) is 5.75 Å². The molecule has 0 atom stereocenters. The Bertz CT molecular complexity index is 652. The molecule has 5 heteroatoms. The summed E-state index contributed by atoms with van der Waals surface area (Å²) in [5.41, 5.74) is 9.42. The summed E-state index contributed by atoms with van der Waals surface area (Å²) in [5.74, 6) is 0.708. The number of ether oxygens (including phenoxy) is 1. The highest BCUT2D eigenvalue weighted by atomic mass is 16.5. The molecule has 0 amide bonds. The second kappa shape index (κ2) is 3.16. The van der Waals surface area contributed by atoms with Crippen LogP contribution in [0.25, 0.3) is 16.7 Å².